The molecule has 0 saturated carbocycles. The number of benzene rings is 3. The van der Waals surface area contributed by atoms with Crippen LogP contribution < -0.4 is 20.7 Å². The van der Waals surface area contributed by atoms with Crippen molar-refractivity contribution >= 4 is 17.5 Å². The fraction of sp³-hybridized carbons (Fsp3) is 0.286. The molecule has 0 bridgehead atoms. The van der Waals surface area contributed by atoms with Crippen molar-refractivity contribution < 1.29 is 14.3 Å². The van der Waals surface area contributed by atoms with Crippen LogP contribution in [-0.2, 0) is 16.1 Å². The summed E-state index contributed by atoms with van der Waals surface area (Å²) in [4.78, 5) is 29.6. The van der Waals surface area contributed by atoms with Crippen molar-refractivity contribution in [3.63, 3.8) is 0 Å². The number of hydrogen-bond acceptors (Lipinski definition) is 5. The third-order valence-corrected chi connectivity index (χ3v) is 5.99. The van der Waals surface area contributed by atoms with E-state index < -0.39 is 0 Å². The summed E-state index contributed by atoms with van der Waals surface area (Å²) in [5, 5.41) is 2.98. The Kier molecular flexibility index (Phi) is 8.00. The van der Waals surface area contributed by atoms with Gasteiger partial charge in [0.15, 0.2) is 5.75 Å². The zero-order chi connectivity index (χ0) is 24.6. The number of ether oxygens (including phenoxy) is 1. The largest absolute Gasteiger partial charge is 0.455 e. The van der Waals surface area contributed by atoms with Gasteiger partial charge in [-0.15, -0.1) is 0 Å². The molecule has 0 aliphatic carbocycles. The Balaban J connectivity index is 1.52. The van der Waals surface area contributed by atoms with Crippen LogP contribution in [-0.4, -0.2) is 48.9 Å². The Morgan fingerprint density at radius 3 is 2.54 bits per heavy atom. The molecule has 0 aromatic heterocycles. The van der Waals surface area contributed by atoms with Crippen molar-refractivity contribution in [2.75, 3.05) is 31.1 Å². The number of carbonyl (C=O) groups is 2. The highest BCUT2D eigenvalue weighted by Gasteiger charge is 2.27. The second kappa shape index (κ2) is 11.5. The summed E-state index contributed by atoms with van der Waals surface area (Å²) in [7, 11) is 0. The van der Waals surface area contributed by atoms with Gasteiger partial charge in [0.2, 0.25) is 11.8 Å². The predicted molar refractivity (Wildman–Crippen MR) is 137 cm³/mol. The molecule has 2 amide bonds. The van der Waals surface area contributed by atoms with E-state index in [0.29, 0.717) is 36.8 Å². The van der Waals surface area contributed by atoms with Gasteiger partial charge in [-0.1, -0.05) is 60.2 Å². The second-order valence-corrected chi connectivity index (χ2v) is 8.89. The van der Waals surface area contributed by atoms with Gasteiger partial charge in [0.25, 0.3) is 0 Å². The number of nitrogens with one attached hydrogen (secondary N) is 1. The second-order valence-electron chi connectivity index (χ2n) is 8.89. The molecule has 7 heteroatoms. The molecule has 1 saturated heterocycles. The SMILES string of the molecule is Cc1cccc(CNC(=O)CN(CC(=O)N2CCC(N)C2)c2ccccc2Oc2ccccc2)c1. The summed E-state index contributed by atoms with van der Waals surface area (Å²) in [6.45, 7) is 3.69. The number of rotatable bonds is 9. The smallest absolute Gasteiger partial charge is 0.242 e. The van der Waals surface area contributed by atoms with Gasteiger partial charge in [-0.2, -0.15) is 0 Å². The van der Waals surface area contributed by atoms with Crippen molar-refractivity contribution in [2.24, 2.45) is 5.73 Å². The maximum atomic E-state index is 13.1. The van der Waals surface area contributed by atoms with Crippen LogP contribution in [0.3, 0.4) is 0 Å². The van der Waals surface area contributed by atoms with Crippen LogP contribution in [0.4, 0.5) is 5.69 Å². The van der Waals surface area contributed by atoms with Gasteiger partial charge in [-0.25, -0.2) is 0 Å². The number of nitrogens with zero attached hydrogens (tertiary/aromatic N) is 2. The Morgan fingerprint density at radius 1 is 1.03 bits per heavy atom. The van der Waals surface area contributed by atoms with Crippen LogP contribution in [0, 0.1) is 6.92 Å². The minimum atomic E-state index is -0.174. The van der Waals surface area contributed by atoms with Gasteiger partial charge >= 0.3 is 0 Å². The van der Waals surface area contributed by atoms with E-state index in [4.69, 9.17) is 10.5 Å². The van der Waals surface area contributed by atoms with Gasteiger partial charge in [0.1, 0.15) is 5.75 Å². The summed E-state index contributed by atoms with van der Waals surface area (Å²) >= 11 is 0. The van der Waals surface area contributed by atoms with Crippen molar-refractivity contribution in [3.8, 4) is 11.5 Å². The van der Waals surface area contributed by atoms with E-state index in [2.05, 4.69) is 5.32 Å². The quantitative estimate of drug-likeness (QED) is 0.498. The molecule has 1 aliphatic rings. The molecule has 7 nitrogen and oxygen atoms in total. The minimum absolute atomic E-state index is 0.00118. The third kappa shape index (κ3) is 6.83. The van der Waals surface area contributed by atoms with E-state index in [1.54, 1.807) is 9.80 Å². The fourth-order valence-corrected chi connectivity index (χ4v) is 4.18. The van der Waals surface area contributed by atoms with E-state index in [1.165, 1.54) is 0 Å². The topological polar surface area (TPSA) is 87.9 Å². The average molecular weight is 473 g/mol. The normalized spacial score (nSPS) is 15.0. The van der Waals surface area contributed by atoms with Crippen molar-refractivity contribution in [3.05, 3.63) is 90.0 Å². The lowest BCUT2D eigenvalue weighted by atomic mass is 10.1. The van der Waals surface area contributed by atoms with Crippen LogP contribution in [0.25, 0.3) is 0 Å². The number of para-hydroxylation sites is 3. The summed E-state index contributed by atoms with van der Waals surface area (Å²) in [6.07, 6.45) is 0.788. The molecule has 1 heterocycles. The number of aryl methyl sites for hydroxylation is 1. The molecule has 1 atom stereocenters. The Labute approximate surface area is 206 Å². The Hall–Kier alpha value is -3.84. The lowest BCUT2D eigenvalue weighted by molar-refractivity contribution is -0.128. The van der Waals surface area contributed by atoms with Crippen LogP contribution in [0.15, 0.2) is 78.9 Å². The lowest BCUT2D eigenvalue weighted by Crippen LogP contribution is -2.44. The standard InChI is InChI=1S/C28H32N4O3/c1-21-8-7-9-22(16-21)17-30-27(33)19-32(20-28(34)31-15-14-23(29)18-31)25-12-5-6-13-26(25)35-24-10-3-2-4-11-24/h2-13,16,23H,14-15,17-20,29H2,1H3,(H,30,33). The maximum Gasteiger partial charge on any atom is 0.242 e. The molecular weight excluding hydrogens is 440 g/mol. The molecule has 1 unspecified atom stereocenters. The molecule has 1 fully saturated rings. The summed E-state index contributed by atoms with van der Waals surface area (Å²) in [5.41, 5.74) is 8.86. The minimum Gasteiger partial charge on any atom is -0.455 e. The number of hydrogen-bond donors (Lipinski definition) is 2. The number of nitrogens with two attached hydrogens (primary N) is 1. The highest BCUT2D eigenvalue weighted by molar-refractivity contribution is 5.87. The van der Waals surface area contributed by atoms with E-state index in [9.17, 15) is 9.59 Å². The number of anilines is 1. The number of likely N-dealkylation sites (tertiary alicyclic amines) is 1. The molecule has 0 radical (unpaired) electrons. The first-order chi connectivity index (χ1) is 17.0. The monoisotopic (exact) mass is 472 g/mol. The van der Waals surface area contributed by atoms with Crippen LogP contribution >= 0.6 is 0 Å². The van der Waals surface area contributed by atoms with Gasteiger partial charge in [0.05, 0.1) is 18.8 Å². The molecule has 4 rings (SSSR count). The highest BCUT2D eigenvalue weighted by Crippen LogP contribution is 2.32. The predicted octanol–water partition coefficient (Wildman–Crippen LogP) is 3.47. The molecule has 182 valence electrons. The van der Waals surface area contributed by atoms with E-state index in [1.807, 2.05) is 85.8 Å². The molecule has 1 aliphatic heterocycles. The summed E-state index contributed by atoms with van der Waals surface area (Å²) < 4.78 is 6.12. The van der Waals surface area contributed by atoms with E-state index in [0.717, 1.165) is 17.5 Å². The first-order valence-corrected chi connectivity index (χ1v) is 11.9. The Bertz CT molecular complexity index is 1150. The van der Waals surface area contributed by atoms with Gasteiger partial charge in [-0.3, -0.25) is 9.59 Å². The molecule has 3 aromatic rings. The molecule has 35 heavy (non-hydrogen) atoms. The fourth-order valence-electron chi connectivity index (χ4n) is 4.18. The first kappa shape index (κ1) is 24.3. The van der Waals surface area contributed by atoms with Crippen molar-refractivity contribution in [1.82, 2.24) is 10.2 Å². The summed E-state index contributed by atoms with van der Waals surface area (Å²) in [6, 6.07) is 24.9. The lowest BCUT2D eigenvalue weighted by Gasteiger charge is -2.28. The Morgan fingerprint density at radius 2 is 1.80 bits per heavy atom. The van der Waals surface area contributed by atoms with Gasteiger partial charge in [0, 0.05) is 25.7 Å². The zero-order valence-corrected chi connectivity index (χ0v) is 20.0. The average Bonchev–Trinajstić information content (AvgIpc) is 3.30. The molecule has 3 N–H and O–H groups in total. The first-order valence-electron chi connectivity index (χ1n) is 11.9. The van der Waals surface area contributed by atoms with Crippen molar-refractivity contribution in [2.45, 2.75) is 25.9 Å². The van der Waals surface area contributed by atoms with Crippen molar-refractivity contribution in [1.29, 1.82) is 0 Å². The molecule has 3 aromatic carbocycles. The molecular formula is C28H32N4O3. The van der Waals surface area contributed by atoms with Crippen LogP contribution in [0.5, 0.6) is 11.5 Å². The van der Waals surface area contributed by atoms with Crippen LogP contribution in [0.1, 0.15) is 17.5 Å². The number of amides is 2. The molecule has 0 spiro atoms. The maximum absolute atomic E-state index is 13.1. The van der Waals surface area contributed by atoms with E-state index in [-0.39, 0.29) is 30.9 Å². The third-order valence-electron chi connectivity index (χ3n) is 5.99. The zero-order valence-electron chi connectivity index (χ0n) is 20.0. The highest BCUT2D eigenvalue weighted by atomic mass is 16.5. The number of carbonyl (C=O) groups excluding carboxylic acids is 2. The summed E-state index contributed by atoms with van der Waals surface area (Å²) in [5.74, 6) is 1.03. The van der Waals surface area contributed by atoms with Gasteiger partial charge in [-0.05, 0) is 43.2 Å². The van der Waals surface area contributed by atoms with Gasteiger partial charge < -0.3 is 25.6 Å². The van der Waals surface area contributed by atoms with Crippen LogP contribution in [0.2, 0.25) is 0 Å². The van der Waals surface area contributed by atoms with E-state index >= 15 is 0 Å².